The van der Waals surface area contributed by atoms with Gasteiger partial charge in [-0.3, -0.25) is 9.79 Å². The van der Waals surface area contributed by atoms with Crippen molar-refractivity contribution in [3.05, 3.63) is 29.8 Å². The molecule has 6 nitrogen and oxygen atoms in total. The van der Waals surface area contributed by atoms with Gasteiger partial charge in [-0.1, -0.05) is 18.2 Å². The summed E-state index contributed by atoms with van der Waals surface area (Å²) in [5.41, 5.74) is 2.34. The average Bonchev–Trinajstić information content (AvgIpc) is 3.04. The number of anilines is 1. The minimum absolute atomic E-state index is 0.199. The molecule has 0 spiro atoms. The van der Waals surface area contributed by atoms with E-state index in [0.717, 1.165) is 57.2 Å². The summed E-state index contributed by atoms with van der Waals surface area (Å²) in [6.07, 6.45) is 3.22. The molecule has 0 bridgehead atoms. The molecule has 0 saturated carbocycles. The molecule has 24 heavy (non-hydrogen) atoms. The number of guanidine groups is 1. The van der Waals surface area contributed by atoms with Crippen LogP contribution < -0.4 is 15.5 Å². The smallest absolute Gasteiger partial charge is 0.227 e. The molecule has 1 aromatic rings. The van der Waals surface area contributed by atoms with Crippen LogP contribution in [0.5, 0.6) is 0 Å². The predicted octanol–water partition coefficient (Wildman–Crippen LogP) is 1.56. The van der Waals surface area contributed by atoms with Crippen LogP contribution in [0.4, 0.5) is 5.69 Å². The molecule has 0 saturated heterocycles. The summed E-state index contributed by atoms with van der Waals surface area (Å²) in [5.74, 6) is 0.967. The van der Waals surface area contributed by atoms with E-state index in [9.17, 15) is 4.79 Å². The average molecular weight is 332 g/mol. The number of ether oxygens (including phenoxy) is 1. The van der Waals surface area contributed by atoms with E-state index in [1.54, 1.807) is 14.2 Å². The summed E-state index contributed by atoms with van der Waals surface area (Å²) in [6.45, 7) is 3.08. The van der Waals surface area contributed by atoms with Gasteiger partial charge in [0.1, 0.15) is 0 Å². The maximum absolute atomic E-state index is 12.4. The number of nitrogens with one attached hydrogen (secondary N) is 2. The van der Waals surface area contributed by atoms with Crippen LogP contribution in [0.15, 0.2) is 29.3 Å². The standard InChI is InChI=1S/C18H28N4O2/c1-19-18(21-12-6-14-24-2)20-11-5-9-17(23)22-13-10-15-7-3-4-8-16(15)22/h3-4,7-8H,5-6,9-14H2,1-2H3,(H2,19,20,21). The van der Waals surface area contributed by atoms with Crippen LogP contribution in [0.25, 0.3) is 0 Å². The summed E-state index contributed by atoms with van der Waals surface area (Å²) >= 11 is 0. The second-order valence-corrected chi connectivity index (χ2v) is 5.80. The highest BCUT2D eigenvalue weighted by Crippen LogP contribution is 2.27. The van der Waals surface area contributed by atoms with Crippen LogP contribution in [-0.4, -0.2) is 52.3 Å². The molecule has 2 N–H and O–H groups in total. The maximum Gasteiger partial charge on any atom is 0.227 e. The SMILES string of the molecule is CN=C(NCCCOC)NCCCC(=O)N1CCc2ccccc21. The summed E-state index contributed by atoms with van der Waals surface area (Å²) in [6, 6.07) is 8.15. The predicted molar refractivity (Wildman–Crippen MR) is 97.6 cm³/mol. The number of aliphatic imine (C=N–C) groups is 1. The summed E-state index contributed by atoms with van der Waals surface area (Å²) in [5, 5.41) is 6.46. The molecule has 0 fully saturated rings. The van der Waals surface area contributed by atoms with E-state index >= 15 is 0 Å². The van der Waals surface area contributed by atoms with Gasteiger partial charge in [-0.15, -0.1) is 0 Å². The molecule has 0 aliphatic carbocycles. The Morgan fingerprint density at radius 1 is 1.25 bits per heavy atom. The lowest BCUT2D eigenvalue weighted by Gasteiger charge is -2.17. The van der Waals surface area contributed by atoms with Crippen molar-refractivity contribution in [3.8, 4) is 0 Å². The van der Waals surface area contributed by atoms with Gasteiger partial charge in [0, 0.05) is 52.5 Å². The Bertz CT molecular complexity index is 560. The largest absolute Gasteiger partial charge is 0.385 e. The minimum atomic E-state index is 0.199. The van der Waals surface area contributed by atoms with E-state index < -0.39 is 0 Å². The maximum atomic E-state index is 12.4. The number of rotatable bonds is 8. The van der Waals surface area contributed by atoms with Crippen molar-refractivity contribution in [3.63, 3.8) is 0 Å². The Morgan fingerprint density at radius 3 is 2.75 bits per heavy atom. The van der Waals surface area contributed by atoms with Crippen molar-refractivity contribution in [2.75, 3.05) is 45.3 Å². The summed E-state index contributed by atoms with van der Waals surface area (Å²) in [7, 11) is 3.45. The molecule has 0 aromatic heterocycles. The number of amides is 1. The van der Waals surface area contributed by atoms with E-state index in [-0.39, 0.29) is 5.91 Å². The van der Waals surface area contributed by atoms with Crippen LogP contribution in [0.1, 0.15) is 24.8 Å². The van der Waals surface area contributed by atoms with E-state index in [0.29, 0.717) is 6.42 Å². The van der Waals surface area contributed by atoms with Gasteiger partial charge in [-0.05, 0) is 30.9 Å². The number of carbonyl (C=O) groups is 1. The van der Waals surface area contributed by atoms with Crippen molar-refractivity contribution in [2.24, 2.45) is 4.99 Å². The van der Waals surface area contributed by atoms with Gasteiger partial charge in [0.25, 0.3) is 0 Å². The van der Waals surface area contributed by atoms with Crippen LogP contribution >= 0.6 is 0 Å². The quantitative estimate of drug-likeness (QED) is 0.431. The van der Waals surface area contributed by atoms with Crippen LogP contribution in [0, 0.1) is 0 Å². The van der Waals surface area contributed by atoms with E-state index in [2.05, 4.69) is 21.7 Å². The topological polar surface area (TPSA) is 66.0 Å². The minimum Gasteiger partial charge on any atom is -0.385 e. The second kappa shape index (κ2) is 9.93. The van der Waals surface area contributed by atoms with E-state index in [1.807, 2.05) is 23.1 Å². The lowest BCUT2D eigenvalue weighted by Crippen LogP contribution is -2.39. The Balaban J connectivity index is 1.66. The summed E-state index contributed by atoms with van der Waals surface area (Å²) < 4.78 is 5.01. The third kappa shape index (κ3) is 5.23. The number of methoxy groups -OCH3 is 1. The van der Waals surface area contributed by atoms with Gasteiger partial charge in [0.2, 0.25) is 5.91 Å². The second-order valence-electron chi connectivity index (χ2n) is 5.80. The van der Waals surface area contributed by atoms with Crippen LogP contribution in [-0.2, 0) is 16.0 Å². The van der Waals surface area contributed by atoms with Gasteiger partial charge in [0.15, 0.2) is 5.96 Å². The van der Waals surface area contributed by atoms with Gasteiger partial charge in [0.05, 0.1) is 0 Å². The highest BCUT2D eigenvalue weighted by molar-refractivity contribution is 5.95. The third-order valence-corrected chi connectivity index (χ3v) is 4.09. The first-order chi connectivity index (χ1) is 11.8. The Kier molecular flexibility index (Phi) is 7.55. The molecule has 0 unspecified atom stereocenters. The third-order valence-electron chi connectivity index (χ3n) is 4.09. The molecule has 6 heteroatoms. The van der Waals surface area contributed by atoms with Crippen LogP contribution in [0.3, 0.4) is 0 Å². The first-order valence-electron chi connectivity index (χ1n) is 8.58. The fraction of sp³-hybridized carbons (Fsp3) is 0.556. The van der Waals surface area contributed by atoms with Crippen molar-refractivity contribution < 1.29 is 9.53 Å². The van der Waals surface area contributed by atoms with Crippen LogP contribution in [0.2, 0.25) is 0 Å². The zero-order valence-electron chi connectivity index (χ0n) is 14.7. The number of hydrogen-bond acceptors (Lipinski definition) is 3. The molecule has 2 rings (SSSR count). The first kappa shape index (κ1) is 18.3. The number of hydrogen-bond donors (Lipinski definition) is 2. The van der Waals surface area contributed by atoms with Crippen molar-refractivity contribution >= 4 is 17.6 Å². The van der Waals surface area contributed by atoms with E-state index in [4.69, 9.17) is 4.74 Å². The molecule has 132 valence electrons. The number of benzene rings is 1. The Labute approximate surface area is 144 Å². The number of nitrogens with zero attached hydrogens (tertiary/aromatic N) is 2. The van der Waals surface area contributed by atoms with Gasteiger partial charge < -0.3 is 20.3 Å². The normalized spacial score (nSPS) is 13.8. The lowest BCUT2D eigenvalue weighted by atomic mass is 10.2. The molecule has 1 aliphatic heterocycles. The molecule has 0 atom stereocenters. The zero-order valence-corrected chi connectivity index (χ0v) is 14.7. The fourth-order valence-corrected chi connectivity index (χ4v) is 2.82. The fourth-order valence-electron chi connectivity index (χ4n) is 2.82. The summed E-state index contributed by atoms with van der Waals surface area (Å²) in [4.78, 5) is 18.5. The van der Waals surface area contributed by atoms with Crippen molar-refractivity contribution in [1.82, 2.24) is 10.6 Å². The molecule has 1 aliphatic rings. The number of para-hydroxylation sites is 1. The molecular weight excluding hydrogens is 304 g/mol. The van der Waals surface area contributed by atoms with Gasteiger partial charge in [-0.25, -0.2) is 0 Å². The molecular formula is C18H28N4O2. The van der Waals surface area contributed by atoms with Crippen molar-refractivity contribution in [2.45, 2.75) is 25.7 Å². The Morgan fingerprint density at radius 2 is 2.00 bits per heavy atom. The van der Waals surface area contributed by atoms with Crippen molar-refractivity contribution in [1.29, 1.82) is 0 Å². The lowest BCUT2D eigenvalue weighted by molar-refractivity contribution is -0.118. The van der Waals surface area contributed by atoms with Gasteiger partial charge in [-0.2, -0.15) is 0 Å². The highest BCUT2D eigenvalue weighted by atomic mass is 16.5. The monoisotopic (exact) mass is 332 g/mol. The molecule has 1 heterocycles. The number of carbonyl (C=O) groups excluding carboxylic acids is 1. The van der Waals surface area contributed by atoms with Gasteiger partial charge >= 0.3 is 0 Å². The molecule has 1 amide bonds. The molecule has 0 radical (unpaired) electrons. The first-order valence-corrected chi connectivity index (χ1v) is 8.58. The highest BCUT2D eigenvalue weighted by Gasteiger charge is 2.23. The van der Waals surface area contributed by atoms with E-state index in [1.165, 1.54) is 5.56 Å². The Hall–Kier alpha value is -2.08. The zero-order chi connectivity index (χ0) is 17.2. The molecule has 1 aromatic carbocycles. The number of fused-ring (bicyclic) bond motifs is 1.